The number of carbonyl (C=O) groups excluding carboxylic acids is 1. The molecule has 3 N–H and O–H groups in total. The number of aliphatic carboxylic acids is 1. The van der Waals surface area contributed by atoms with Crippen molar-refractivity contribution in [1.82, 2.24) is 4.90 Å². The Kier molecular flexibility index (Phi) is 3.68. The van der Waals surface area contributed by atoms with E-state index < -0.39 is 18.1 Å². The summed E-state index contributed by atoms with van der Waals surface area (Å²) in [6.45, 7) is 3.67. The van der Waals surface area contributed by atoms with Gasteiger partial charge in [-0.15, -0.1) is 0 Å². The molecule has 0 aromatic carbocycles. The summed E-state index contributed by atoms with van der Waals surface area (Å²) in [6.07, 6.45) is 1.03. The van der Waals surface area contributed by atoms with Crippen molar-refractivity contribution in [1.29, 1.82) is 0 Å². The van der Waals surface area contributed by atoms with E-state index in [-0.39, 0.29) is 25.6 Å². The van der Waals surface area contributed by atoms with E-state index in [2.05, 4.69) is 6.58 Å². The first-order valence-electron chi connectivity index (χ1n) is 4.59. The molecular formula is C9H14N2O4. The van der Waals surface area contributed by atoms with Gasteiger partial charge in [-0.3, -0.25) is 4.90 Å². The summed E-state index contributed by atoms with van der Waals surface area (Å²) >= 11 is 0. The molecule has 0 aromatic heterocycles. The van der Waals surface area contributed by atoms with E-state index in [9.17, 15) is 9.59 Å². The third kappa shape index (κ3) is 2.69. The zero-order valence-corrected chi connectivity index (χ0v) is 8.26. The fourth-order valence-electron chi connectivity index (χ4n) is 1.52. The van der Waals surface area contributed by atoms with Crippen molar-refractivity contribution in [2.75, 3.05) is 13.2 Å². The molecule has 0 unspecified atom stereocenters. The van der Waals surface area contributed by atoms with Crippen LogP contribution in [0, 0.1) is 0 Å². The van der Waals surface area contributed by atoms with E-state index in [4.69, 9.17) is 15.6 Å². The number of carboxylic acid groups (broad SMARTS) is 1. The number of hydrogen-bond acceptors (Lipinski definition) is 4. The van der Waals surface area contributed by atoms with Crippen molar-refractivity contribution in [2.45, 2.75) is 18.5 Å². The Morgan fingerprint density at radius 3 is 2.87 bits per heavy atom. The molecule has 0 spiro atoms. The smallest absolute Gasteiger partial charge is 0.410 e. The van der Waals surface area contributed by atoms with Gasteiger partial charge in [0.15, 0.2) is 0 Å². The number of nitrogens with two attached hydrogens (primary N) is 1. The quantitative estimate of drug-likeness (QED) is 0.634. The van der Waals surface area contributed by atoms with Gasteiger partial charge in [-0.2, -0.15) is 0 Å². The van der Waals surface area contributed by atoms with Gasteiger partial charge in [0.2, 0.25) is 0 Å². The van der Waals surface area contributed by atoms with E-state index in [1.54, 1.807) is 0 Å². The second-order valence-corrected chi connectivity index (χ2v) is 3.37. The summed E-state index contributed by atoms with van der Waals surface area (Å²) in [5, 5.41) is 8.85. The van der Waals surface area contributed by atoms with Crippen LogP contribution in [0.4, 0.5) is 4.79 Å². The summed E-state index contributed by atoms with van der Waals surface area (Å²) in [4.78, 5) is 23.3. The largest absolute Gasteiger partial charge is 0.480 e. The fraction of sp³-hybridized carbons (Fsp3) is 0.556. The molecule has 15 heavy (non-hydrogen) atoms. The Labute approximate surface area is 87.3 Å². The average molecular weight is 214 g/mol. The number of amides is 1. The van der Waals surface area contributed by atoms with Crippen molar-refractivity contribution in [3.63, 3.8) is 0 Å². The first-order valence-corrected chi connectivity index (χ1v) is 4.59. The summed E-state index contributed by atoms with van der Waals surface area (Å²) in [5.41, 5.74) is 5.59. The van der Waals surface area contributed by atoms with Crippen molar-refractivity contribution < 1.29 is 19.4 Å². The summed E-state index contributed by atoms with van der Waals surface area (Å²) in [5.74, 6) is -1.06. The lowest BCUT2D eigenvalue weighted by molar-refractivity contribution is -0.141. The Bertz CT molecular complexity index is 279. The molecule has 1 aliphatic heterocycles. The van der Waals surface area contributed by atoms with E-state index in [1.165, 1.54) is 6.08 Å². The standard InChI is InChI=1S/C9H14N2O4/c1-2-3-15-9(14)11-5-6(10)4-7(11)8(12)13/h2,6-7H,1,3-5,10H2,(H,12,13)/t6-,7+/m0/s1. The normalized spacial score (nSPS) is 25.0. The van der Waals surface area contributed by atoms with Crippen LogP contribution in [0.25, 0.3) is 0 Å². The van der Waals surface area contributed by atoms with E-state index in [1.807, 2.05) is 0 Å². The van der Waals surface area contributed by atoms with Crippen LogP contribution in [-0.4, -0.2) is 47.3 Å². The molecule has 1 saturated heterocycles. The molecule has 0 radical (unpaired) electrons. The molecule has 0 saturated carbocycles. The maximum Gasteiger partial charge on any atom is 0.410 e. The van der Waals surface area contributed by atoms with Crippen LogP contribution in [0.2, 0.25) is 0 Å². The van der Waals surface area contributed by atoms with Crippen LogP contribution >= 0.6 is 0 Å². The van der Waals surface area contributed by atoms with E-state index in [0.29, 0.717) is 0 Å². The minimum absolute atomic E-state index is 0.0664. The molecule has 1 aliphatic rings. The molecule has 0 bridgehead atoms. The van der Waals surface area contributed by atoms with Gasteiger partial charge in [-0.25, -0.2) is 9.59 Å². The number of ether oxygens (including phenoxy) is 1. The Hall–Kier alpha value is -1.56. The van der Waals surface area contributed by atoms with Crippen LogP contribution in [-0.2, 0) is 9.53 Å². The zero-order valence-electron chi connectivity index (χ0n) is 8.26. The molecular weight excluding hydrogens is 200 g/mol. The minimum atomic E-state index is -1.06. The molecule has 1 rings (SSSR count). The molecule has 2 atom stereocenters. The van der Waals surface area contributed by atoms with Gasteiger partial charge in [-0.05, 0) is 6.42 Å². The van der Waals surface area contributed by atoms with Gasteiger partial charge in [0, 0.05) is 12.6 Å². The number of carboxylic acids is 1. The van der Waals surface area contributed by atoms with Crippen molar-refractivity contribution in [3.05, 3.63) is 12.7 Å². The lowest BCUT2D eigenvalue weighted by Crippen LogP contribution is -2.41. The van der Waals surface area contributed by atoms with Gasteiger partial charge in [-0.1, -0.05) is 12.7 Å². The van der Waals surface area contributed by atoms with Crippen LogP contribution in [0.5, 0.6) is 0 Å². The molecule has 6 nitrogen and oxygen atoms in total. The first kappa shape index (κ1) is 11.5. The van der Waals surface area contributed by atoms with Crippen molar-refractivity contribution in [3.8, 4) is 0 Å². The lowest BCUT2D eigenvalue weighted by atomic mass is 10.2. The number of rotatable bonds is 3. The zero-order chi connectivity index (χ0) is 11.4. The second kappa shape index (κ2) is 4.79. The molecule has 6 heteroatoms. The third-order valence-electron chi connectivity index (χ3n) is 2.18. The van der Waals surface area contributed by atoms with Gasteiger partial charge in [0.05, 0.1) is 0 Å². The average Bonchev–Trinajstić information content (AvgIpc) is 2.57. The van der Waals surface area contributed by atoms with Gasteiger partial charge in [0.1, 0.15) is 12.6 Å². The number of carbonyl (C=O) groups is 2. The fourth-order valence-corrected chi connectivity index (χ4v) is 1.52. The molecule has 0 aromatic rings. The molecule has 0 aliphatic carbocycles. The Morgan fingerprint density at radius 1 is 1.67 bits per heavy atom. The van der Waals surface area contributed by atoms with Crippen LogP contribution in [0.15, 0.2) is 12.7 Å². The highest BCUT2D eigenvalue weighted by atomic mass is 16.6. The van der Waals surface area contributed by atoms with Crippen LogP contribution < -0.4 is 5.73 Å². The lowest BCUT2D eigenvalue weighted by Gasteiger charge is -2.19. The Balaban J connectivity index is 2.62. The number of hydrogen-bond donors (Lipinski definition) is 2. The highest BCUT2D eigenvalue weighted by Crippen LogP contribution is 2.17. The molecule has 1 heterocycles. The van der Waals surface area contributed by atoms with Crippen LogP contribution in [0.1, 0.15) is 6.42 Å². The molecule has 1 amide bonds. The maximum absolute atomic E-state index is 11.4. The highest BCUT2D eigenvalue weighted by molar-refractivity contribution is 5.81. The number of likely N-dealkylation sites (tertiary alicyclic amines) is 1. The topological polar surface area (TPSA) is 92.9 Å². The monoisotopic (exact) mass is 214 g/mol. The predicted octanol–water partition coefficient (Wildman–Crippen LogP) is -0.205. The van der Waals surface area contributed by atoms with E-state index in [0.717, 1.165) is 4.90 Å². The van der Waals surface area contributed by atoms with Gasteiger partial charge >= 0.3 is 12.1 Å². The number of nitrogens with zero attached hydrogens (tertiary/aromatic N) is 1. The SMILES string of the molecule is C=CCOC(=O)N1C[C@@H](N)C[C@@H]1C(=O)O. The summed E-state index contributed by atoms with van der Waals surface area (Å²) in [6, 6.07) is -1.18. The second-order valence-electron chi connectivity index (χ2n) is 3.37. The maximum atomic E-state index is 11.4. The Morgan fingerprint density at radius 2 is 2.33 bits per heavy atom. The van der Waals surface area contributed by atoms with Crippen molar-refractivity contribution >= 4 is 12.1 Å². The van der Waals surface area contributed by atoms with Gasteiger partial charge < -0.3 is 15.6 Å². The summed E-state index contributed by atoms with van der Waals surface area (Å²) in [7, 11) is 0. The molecule has 1 fully saturated rings. The summed E-state index contributed by atoms with van der Waals surface area (Å²) < 4.78 is 4.75. The highest BCUT2D eigenvalue weighted by Gasteiger charge is 2.38. The van der Waals surface area contributed by atoms with Crippen LogP contribution in [0.3, 0.4) is 0 Å². The van der Waals surface area contributed by atoms with E-state index >= 15 is 0 Å². The van der Waals surface area contributed by atoms with Crippen molar-refractivity contribution in [2.24, 2.45) is 5.73 Å². The molecule has 84 valence electrons. The minimum Gasteiger partial charge on any atom is -0.480 e. The van der Waals surface area contributed by atoms with Gasteiger partial charge in [0.25, 0.3) is 0 Å². The predicted molar refractivity (Wildman–Crippen MR) is 52.3 cm³/mol. The first-order chi connectivity index (χ1) is 7.06. The third-order valence-corrected chi connectivity index (χ3v) is 2.18.